The lowest BCUT2D eigenvalue weighted by Gasteiger charge is -2.23. The summed E-state index contributed by atoms with van der Waals surface area (Å²) in [5.41, 5.74) is 5.75. The van der Waals surface area contributed by atoms with Crippen LogP contribution < -0.4 is 11.1 Å². The Morgan fingerprint density at radius 1 is 1.48 bits per heavy atom. The Labute approximate surface area is 137 Å². The number of thiophene rings is 1. The Bertz CT molecular complexity index is 666. The predicted octanol–water partition coefficient (Wildman–Crippen LogP) is 1.46. The summed E-state index contributed by atoms with van der Waals surface area (Å²) in [6.45, 7) is 1.46. The van der Waals surface area contributed by atoms with Crippen molar-refractivity contribution >= 4 is 23.1 Å². The van der Waals surface area contributed by atoms with Gasteiger partial charge in [0, 0.05) is 42.9 Å². The van der Waals surface area contributed by atoms with Gasteiger partial charge in [-0.3, -0.25) is 9.69 Å². The number of rotatable bonds is 5. The molecule has 2 atom stereocenters. The summed E-state index contributed by atoms with van der Waals surface area (Å²) in [6.07, 6.45) is 2.40. The van der Waals surface area contributed by atoms with Crippen molar-refractivity contribution in [2.24, 2.45) is 0 Å². The number of nitrogens with zero attached hydrogens (tertiary/aromatic N) is 3. The molecule has 1 aliphatic rings. The van der Waals surface area contributed by atoms with E-state index in [1.807, 2.05) is 17.5 Å². The molecule has 0 aliphatic carbocycles. The van der Waals surface area contributed by atoms with E-state index < -0.39 is 6.17 Å². The average molecular weight is 335 g/mol. The summed E-state index contributed by atoms with van der Waals surface area (Å²) in [6, 6.07) is 3.98. The summed E-state index contributed by atoms with van der Waals surface area (Å²) >= 11 is 1.65. The maximum atomic E-state index is 13.8. The number of anilines is 1. The number of carbonyl (C=O) groups excluding carboxylic acids is 1. The van der Waals surface area contributed by atoms with Gasteiger partial charge in [0.15, 0.2) is 11.5 Å². The van der Waals surface area contributed by atoms with Gasteiger partial charge in [-0.15, -0.1) is 11.3 Å². The molecule has 1 saturated heterocycles. The van der Waals surface area contributed by atoms with Crippen LogP contribution in [-0.2, 0) is 6.54 Å². The van der Waals surface area contributed by atoms with Gasteiger partial charge >= 0.3 is 0 Å². The molecule has 0 spiro atoms. The van der Waals surface area contributed by atoms with Crippen LogP contribution in [0.15, 0.2) is 29.9 Å². The van der Waals surface area contributed by atoms with Crippen molar-refractivity contribution in [1.29, 1.82) is 0 Å². The summed E-state index contributed by atoms with van der Waals surface area (Å²) < 4.78 is 13.8. The first-order chi connectivity index (χ1) is 11.1. The van der Waals surface area contributed by atoms with Gasteiger partial charge in [0.05, 0.1) is 0 Å². The van der Waals surface area contributed by atoms with Crippen LogP contribution in [0.25, 0.3) is 0 Å². The molecule has 8 heteroatoms. The van der Waals surface area contributed by atoms with E-state index in [1.54, 1.807) is 11.3 Å². The number of aromatic nitrogens is 2. The maximum Gasteiger partial charge on any atom is 0.273 e. The Morgan fingerprint density at radius 2 is 2.30 bits per heavy atom. The molecule has 1 aliphatic heterocycles. The van der Waals surface area contributed by atoms with Gasteiger partial charge in [-0.2, -0.15) is 0 Å². The molecule has 1 fully saturated rings. The second-order valence-corrected chi connectivity index (χ2v) is 6.53. The molecule has 0 radical (unpaired) electrons. The third-order valence-corrected chi connectivity index (χ3v) is 4.72. The predicted molar refractivity (Wildman–Crippen MR) is 86.8 cm³/mol. The summed E-state index contributed by atoms with van der Waals surface area (Å²) in [7, 11) is 0. The molecule has 1 amide bonds. The highest BCUT2D eigenvalue weighted by molar-refractivity contribution is 7.09. The van der Waals surface area contributed by atoms with Crippen LogP contribution in [0.3, 0.4) is 0 Å². The largest absolute Gasteiger partial charge is 0.382 e. The van der Waals surface area contributed by atoms with Crippen LogP contribution in [0.1, 0.15) is 21.8 Å². The highest BCUT2D eigenvalue weighted by Gasteiger charge is 2.32. The van der Waals surface area contributed by atoms with E-state index in [1.165, 1.54) is 17.3 Å². The SMILES string of the molecule is Nc1nccnc1C(=O)NC[C@@H]1C[C@H](F)CN1Cc1cccs1. The highest BCUT2D eigenvalue weighted by atomic mass is 32.1. The van der Waals surface area contributed by atoms with E-state index >= 15 is 0 Å². The molecule has 2 aromatic heterocycles. The second-order valence-electron chi connectivity index (χ2n) is 5.50. The fourth-order valence-corrected chi connectivity index (χ4v) is 3.48. The zero-order valence-corrected chi connectivity index (χ0v) is 13.3. The van der Waals surface area contributed by atoms with E-state index in [2.05, 4.69) is 20.2 Å². The quantitative estimate of drug-likeness (QED) is 0.864. The fraction of sp³-hybridized carbons (Fsp3) is 0.400. The van der Waals surface area contributed by atoms with Crippen LogP contribution in [0.5, 0.6) is 0 Å². The van der Waals surface area contributed by atoms with E-state index in [0.717, 1.165) is 0 Å². The number of hydrogen-bond acceptors (Lipinski definition) is 6. The van der Waals surface area contributed by atoms with E-state index in [9.17, 15) is 9.18 Å². The number of alkyl halides is 1. The average Bonchev–Trinajstić information content (AvgIpc) is 3.15. The molecule has 3 rings (SSSR count). The van der Waals surface area contributed by atoms with Gasteiger partial charge in [-0.1, -0.05) is 6.07 Å². The van der Waals surface area contributed by atoms with Gasteiger partial charge in [0.2, 0.25) is 0 Å². The number of nitrogens with one attached hydrogen (secondary N) is 1. The van der Waals surface area contributed by atoms with Gasteiger partial charge in [0.25, 0.3) is 5.91 Å². The third kappa shape index (κ3) is 3.83. The lowest BCUT2D eigenvalue weighted by molar-refractivity contribution is 0.0935. The molecule has 122 valence electrons. The maximum absolute atomic E-state index is 13.8. The molecule has 0 unspecified atom stereocenters. The second kappa shape index (κ2) is 7.01. The molecule has 0 saturated carbocycles. The van der Waals surface area contributed by atoms with Crippen LogP contribution in [0.2, 0.25) is 0 Å². The Balaban J connectivity index is 1.59. The van der Waals surface area contributed by atoms with E-state index in [-0.39, 0.29) is 23.5 Å². The first-order valence-corrected chi connectivity index (χ1v) is 8.26. The first-order valence-electron chi connectivity index (χ1n) is 7.38. The number of nitrogen functional groups attached to an aromatic ring is 1. The highest BCUT2D eigenvalue weighted by Crippen LogP contribution is 2.24. The zero-order valence-electron chi connectivity index (χ0n) is 12.5. The molecule has 3 N–H and O–H groups in total. The molecule has 0 aromatic carbocycles. The van der Waals surface area contributed by atoms with Crippen LogP contribution in [0.4, 0.5) is 10.2 Å². The first kappa shape index (κ1) is 15.8. The number of hydrogen-bond donors (Lipinski definition) is 2. The van der Waals surface area contributed by atoms with Crippen LogP contribution >= 0.6 is 11.3 Å². The van der Waals surface area contributed by atoms with Crippen LogP contribution in [-0.4, -0.2) is 46.1 Å². The molecular formula is C15H18FN5OS. The minimum Gasteiger partial charge on any atom is -0.382 e. The van der Waals surface area contributed by atoms with Gasteiger partial charge in [-0.05, 0) is 17.9 Å². The normalized spacial score (nSPS) is 21.4. The van der Waals surface area contributed by atoms with Crippen molar-refractivity contribution in [2.75, 3.05) is 18.8 Å². The fourth-order valence-electron chi connectivity index (χ4n) is 2.75. The summed E-state index contributed by atoms with van der Waals surface area (Å²) in [4.78, 5) is 23.2. The molecular weight excluding hydrogens is 317 g/mol. The lowest BCUT2D eigenvalue weighted by Crippen LogP contribution is -2.40. The Morgan fingerprint density at radius 3 is 3.04 bits per heavy atom. The number of likely N-dealkylation sites (tertiary alicyclic amines) is 1. The number of amides is 1. The summed E-state index contributed by atoms with van der Waals surface area (Å²) in [5.74, 6) is -0.288. The van der Waals surface area contributed by atoms with Crippen LogP contribution in [0, 0.1) is 0 Å². The van der Waals surface area contributed by atoms with Gasteiger partial charge < -0.3 is 11.1 Å². The monoisotopic (exact) mass is 335 g/mol. The van der Waals surface area contributed by atoms with E-state index in [0.29, 0.717) is 26.1 Å². The Hall–Kier alpha value is -2.06. The number of nitrogens with two attached hydrogens (primary N) is 1. The van der Waals surface area contributed by atoms with Gasteiger partial charge in [-0.25, -0.2) is 14.4 Å². The number of halogens is 1. The van der Waals surface area contributed by atoms with Crippen molar-refractivity contribution in [2.45, 2.75) is 25.2 Å². The zero-order chi connectivity index (χ0) is 16.2. The van der Waals surface area contributed by atoms with Crippen molar-refractivity contribution in [1.82, 2.24) is 20.2 Å². The smallest absolute Gasteiger partial charge is 0.273 e. The topological polar surface area (TPSA) is 84.1 Å². The van der Waals surface area contributed by atoms with E-state index in [4.69, 9.17) is 5.73 Å². The molecule has 0 bridgehead atoms. The standard InChI is InChI=1S/C15H18FN5OS/c16-10-6-11(21(8-10)9-12-2-1-5-23-12)7-20-15(22)13-14(17)19-4-3-18-13/h1-5,10-11H,6-9H2,(H2,17,19)(H,20,22)/t10-,11-/m0/s1. The van der Waals surface area contributed by atoms with Crippen molar-refractivity contribution < 1.29 is 9.18 Å². The molecule has 23 heavy (non-hydrogen) atoms. The minimum atomic E-state index is -0.863. The van der Waals surface area contributed by atoms with Gasteiger partial charge in [0.1, 0.15) is 6.17 Å². The van der Waals surface area contributed by atoms with Crippen molar-refractivity contribution in [3.63, 3.8) is 0 Å². The molecule has 2 aromatic rings. The Kier molecular flexibility index (Phi) is 4.82. The molecule has 6 nitrogen and oxygen atoms in total. The summed E-state index contributed by atoms with van der Waals surface area (Å²) in [5, 5.41) is 4.79. The third-order valence-electron chi connectivity index (χ3n) is 3.86. The lowest BCUT2D eigenvalue weighted by atomic mass is 10.2. The van der Waals surface area contributed by atoms with Crippen molar-refractivity contribution in [3.8, 4) is 0 Å². The van der Waals surface area contributed by atoms with Crippen molar-refractivity contribution in [3.05, 3.63) is 40.5 Å². The minimum absolute atomic E-state index is 0.0334. The number of carbonyl (C=O) groups is 1. The molecule has 3 heterocycles.